The third kappa shape index (κ3) is 3.43. The minimum absolute atomic E-state index is 0.255. The van der Waals surface area contributed by atoms with E-state index in [0.29, 0.717) is 11.3 Å². The molecule has 4 rings (SSSR count). The van der Waals surface area contributed by atoms with Gasteiger partial charge >= 0.3 is 0 Å². The van der Waals surface area contributed by atoms with Crippen molar-refractivity contribution >= 4 is 43.9 Å². The number of rotatable bonds is 6. The predicted molar refractivity (Wildman–Crippen MR) is 117 cm³/mol. The fourth-order valence-corrected chi connectivity index (χ4v) is 5.23. The Hall–Kier alpha value is -2.36. The molecule has 152 valence electrons. The first-order valence-corrected chi connectivity index (χ1v) is 11.7. The molecule has 7 nitrogen and oxygen atoms in total. The summed E-state index contributed by atoms with van der Waals surface area (Å²) in [6.07, 6.45) is 0. The number of benzene rings is 2. The van der Waals surface area contributed by atoms with E-state index in [1.165, 1.54) is 18.4 Å². The summed E-state index contributed by atoms with van der Waals surface area (Å²) < 4.78 is 30.3. The molecule has 0 saturated heterocycles. The molecule has 4 aromatic rings. The van der Waals surface area contributed by atoms with Crippen LogP contribution < -0.4 is 0 Å². The van der Waals surface area contributed by atoms with Gasteiger partial charge in [0.2, 0.25) is 10.0 Å². The van der Waals surface area contributed by atoms with E-state index in [0.717, 1.165) is 34.1 Å². The average Bonchev–Trinajstić information content (AvgIpc) is 3.22. The number of para-hydroxylation sites is 2. The molecule has 0 unspecified atom stereocenters. The summed E-state index contributed by atoms with van der Waals surface area (Å²) in [5.41, 5.74) is 3.69. The van der Waals surface area contributed by atoms with Crippen LogP contribution >= 0.6 is 11.8 Å². The van der Waals surface area contributed by atoms with Crippen LogP contribution in [0.25, 0.3) is 22.1 Å². The summed E-state index contributed by atoms with van der Waals surface area (Å²) in [5, 5.41) is 0.928. The molecular weight excluding hydrogens is 406 g/mol. The van der Waals surface area contributed by atoms with Crippen LogP contribution in [0.5, 0.6) is 0 Å². The van der Waals surface area contributed by atoms with Crippen molar-refractivity contribution in [1.29, 1.82) is 0 Å². The van der Waals surface area contributed by atoms with Gasteiger partial charge in [0.25, 0.3) is 0 Å². The van der Waals surface area contributed by atoms with E-state index in [1.807, 2.05) is 31.3 Å². The first kappa shape index (κ1) is 19.9. The maximum Gasteiger partial charge on any atom is 0.242 e. The molecule has 0 fully saturated rings. The molecular formula is C20H23N5O2S2. The second-order valence-corrected chi connectivity index (χ2v) is 10.0. The standard InChI is InChI=1S/C20H23N5O2S2/c1-5-25-18-11-10-14(29(26,27)23(2)3)12-16(18)21-19(25)13-28-20-22-15-8-6-7-9-17(15)24(20)4/h6-12H,5,13H2,1-4H3. The van der Waals surface area contributed by atoms with Crippen molar-refractivity contribution < 1.29 is 8.42 Å². The zero-order chi connectivity index (χ0) is 20.8. The van der Waals surface area contributed by atoms with E-state index < -0.39 is 10.0 Å². The molecule has 0 amide bonds. The van der Waals surface area contributed by atoms with Gasteiger partial charge in [-0.25, -0.2) is 22.7 Å². The van der Waals surface area contributed by atoms with E-state index in [1.54, 1.807) is 23.9 Å². The van der Waals surface area contributed by atoms with Gasteiger partial charge in [-0.1, -0.05) is 23.9 Å². The molecule has 0 spiro atoms. The molecule has 2 heterocycles. The Morgan fingerprint density at radius 3 is 2.48 bits per heavy atom. The van der Waals surface area contributed by atoms with Gasteiger partial charge in [0.05, 0.1) is 32.7 Å². The number of thioether (sulfide) groups is 1. The van der Waals surface area contributed by atoms with Gasteiger partial charge in [-0.05, 0) is 37.3 Å². The Labute approximate surface area is 174 Å². The smallest absolute Gasteiger partial charge is 0.242 e. The maximum atomic E-state index is 12.4. The normalized spacial score (nSPS) is 12.4. The molecule has 29 heavy (non-hydrogen) atoms. The lowest BCUT2D eigenvalue weighted by atomic mass is 10.3. The second kappa shape index (κ2) is 7.47. The van der Waals surface area contributed by atoms with Crippen LogP contribution in [0, 0.1) is 0 Å². The summed E-state index contributed by atoms with van der Waals surface area (Å²) in [6, 6.07) is 13.2. The Morgan fingerprint density at radius 1 is 1.03 bits per heavy atom. The largest absolute Gasteiger partial charge is 0.328 e. The van der Waals surface area contributed by atoms with Crippen LogP contribution in [-0.2, 0) is 29.4 Å². The monoisotopic (exact) mass is 429 g/mol. The molecule has 0 aliphatic heterocycles. The number of hydrogen-bond acceptors (Lipinski definition) is 5. The van der Waals surface area contributed by atoms with Crippen molar-refractivity contribution in [3.63, 3.8) is 0 Å². The van der Waals surface area contributed by atoms with Crippen molar-refractivity contribution in [1.82, 2.24) is 23.4 Å². The minimum atomic E-state index is -3.49. The lowest BCUT2D eigenvalue weighted by Crippen LogP contribution is -2.22. The summed E-state index contributed by atoms with van der Waals surface area (Å²) in [4.78, 5) is 9.70. The number of hydrogen-bond donors (Lipinski definition) is 0. The fraction of sp³-hybridized carbons (Fsp3) is 0.300. The Bertz CT molecular complexity index is 1310. The topological polar surface area (TPSA) is 73.0 Å². The molecule has 2 aromatic carbocycles. The van der Waals surface area contributed by atoms with Crippen LogP contribution in [-0.4, -0.2) is 45.9 Å². The third-order valence-corrected chi connectivity index (χ3v) is 7.81. The van der Waals surface area contributed by atoms with Gasteiger partial charge in [0.15, 0.2) is 5.16 Å². The highest BCUT2D eigenvalue weighted by Gasteiger charge is 2.20. The van der Waals surface area contributed by atoms with Crippen LogP contribution in [0.4, 0.5) is 0 Å². The first-order chi connectivity index (χ1) is 13.8. The van der Waals surface area contributed by atoms with E-state index in [9.17, 15) is 8.42 Å². The number of imidazole rings is 2. The molecule has 9 heteroatoms. The van der Waals surface area contributed by atoms with Gasteiger partial charge in [-0.2, -0.15) is 0 Å². The molecule has 0 atom stereocenters. The van der Waals surface area contributed by atoms with E-state index >= 15 is 0 Å². The number of aryl methyl sites for hydroxylation is 2. The van der Waals surface area contributed by atoms with Crippen molar-refractivity contribution in [3.05, 3.63) is 48.3 Å². The summed E-state index contributed by atoms with van der Waals surface area (Å²) >= 11 is 1.63. The highest BCUT2D eigenvalue weighted by Crippen LogP contribution is 2.28. The van der Waals surface area contributed by atoms with Crippen molar-refractivity contribution in [2.75, 3.05) is 14.1 Å². The average molecular weight is 430 g/mol. The number of nitrogens with zero attached hydrogens (tertiary/aromatic N) is 5. The summed E-state index contributed by atoms with van der Waals surface area (Å²) in [6.45, 7) is 2.82. The van der Waals surface area contributed by atoms with Gasteiger partial charge in [-0.3, -0.25) is 0 Å². The van der Waals surface area contributed by atoms with E-state index in [4.69, 9.17) is 9.97 Å². The van der Waals surface area contributed by atoms with E-state index in [2.05, 4.69) is 22.1 Å². The van der Waals surface area contributed by atoms with Gasteiger partial charge in [0, 0.05) is 27.7 Å². The number of sulfonamides is 1. The van der Waals surface area contributed by atoms with Gasteiger partial charge < -0.3 is 9.13 Å². The lowest BCUT2D eigenvalue weighted by molar-refractivity contribution is 0.521. The van der Waals surface area contributed by atoms with E-state index in [-0.39, 0.29) is 4.90 Å². The minimum Gasteiger partial charge on any atom is -0.328 e. The predicted octanol–water partition coefficient (Wildman–Crippen LogP) is 3.49. The van der Waals surface area contributed by atoms with Crippen LogP contribution in [0.2, 0.25) is 0 Å². The zero-order valence-corrected chi connectivity index (χ0v) is 18.5. The fourth-order valence-electron chi connectivity index (χ4n) is 3.38. The molecule has 0 radical (unpaired) electrons. The first-order valence-electron chi connectivity index (χ1n) is 9.29. The van der Waals surface area contributed by atoms with Crippen LogP contribution in [0.3, 0.4) is 0 Å². The van der Waals surface area contributed by atoms with Crippen molar-refractivity contribution in [3.8, 4) is 0 Å². The second-order valence-electron chi connectivity index (χ2n) is 6.94. The lowest BCUT2D eigenvalue weighted by Gasteiger charge is -2.11. The summed E-state index contributed by atoms with van der Waals surface area (Å²) in [5.74, 6) is 1.55. The Kier molecular flexibility index (Phi) is 5.14. The third-order valence-electron chi connectivity index (χ3n) is 4.97. The molecule has 0 aliphatic rings. The highest BCUT2D eigenvalue weighted by atomic mass is 32.2. The quantitative estimate of drug-likeness (QED) is 0.439. The van der Waals surface area contributed by atoms with Crippen molar-refractivity contribution in [2.45, 2.75) is 29.3 Å². The van der Waals surface area contributed by atoms with Gasteiger partial charge in [0.1, 0.15) is 5.82 Å². The summed E-state index contributed by atoms with van der Waals surface area (Å²) in [7, 11) is 1.59. The molecule has 2 aromatic heterocycles. The molecule has 0 aliphatic carbocycles. The molecule has 0 saturated carbocycles. The maximum absolute atomic E-state index is 12.4. The highest BCUT2D eigenvalue weighted by molar-refractivity contribution is 7.98. The van der Waals surface area contributed by atoms with Crippen molar-refractivity contribution in [2.24, 2.45) is 7.05 Å². The van der Waals surface area contributed by atoms with Gasteiger partial charge in [-0.15, -0.1) is 0 Å². The number of fused-ring (bicyclic) bond motifs is 2. The zero-order valence-electron chi connectivity index (χ0n) is 16.8. The van der Waals surface area contributed by atoms with Crippen LogP contribution in [0.1, 0.15) is 12.7 Å². The Morgan fingerprint density at radius 2 is 1.79 bits per heavy atom. The molecule has 0 N–H and O–H groups in total. The number of aromatic nitrogens is 4. The SMILES string of the molecule is CCn1c(CSc2nc3ccccc3n2C)nc2cc(S(=O)(=O)N(C)C)ccc21. The molecule has 0 bridgehead atoms. The van der Waals surface area contributed by atoms with Crippen LogP contribution in [0.15, 0.2) is 52.5 Å². The Balaban J connectivity index is 1.68.